The molecule has 0 amide bonds. The molecule has 31 heavy (non-hydrogen) atoms. The first-order valence-electron chi connectivity index (χ1n) is 13.5. The van der Waals surface area contributed by atoms with E-state index in [9.17, 15) is 0 Å². The molecule has 0 aliphatic rings. The van der Waals surface area contributed by atoms with Crippen LogP contribution in [0.4, 0.5) is 0 Å². The number of unbranched alkanes of at least 4 members (excludes halogenated alkanes) is 15. The van der Waals surface area contributed by atoms with Crippen molar-refractivity contribution in [2.45, 2.75) is 130 Å². The van der Waals surface area contributed by atoms with E-state index in [0.29, 0.717) is 0 Å². The summed E-state index contributed by atoms with van der Waals surface area (Å²) in [5.41, 5.74) is 1.32. The fourth-order valence-corrected chi connectivity index (χ4v) is 4.65. The lowest BCUT2D eigenvalue weighted by Gasteiger charge is -2.05. The molecule has 2 aromatic rings. The van der Waals surface area contributed by atoms with Gasteiger partial charge in [-0.25, -0.2) is 9.13 Å². The summed E-state index contributed by atoms with van der Waals surface area (Å²) in [6.45, 7) is 6.68. The Bertz CT molecular complexity index is 659. The van der Waals surface area contributed by atoms with Crippen LogP contribution in [-0.4, -0.2) is 4.57 Å². The van der Waals surface area contributed by atoms with Crippen molar-refractivity contribution in [2.75, 3.05) is 0 Å². The van der Waals surface area contributed by atoms with Gasteiger partial charge in [0.25, 0.3) is 5.82 Å². The molecule has 0 saturated heterocycles. The normalized spacial score (nSPS) is 11.3. The first-order valence-corrected chi connectivity index (χ1v) is 13.5. The van der Waals surface area contributed by atoms with Gasteiger partial charge < -0.3 is 0 Å². The van der Waals surface area contributed by atoms with Gasteiger partial charge in [0.05, 0.1) is 18.7 Å². The zero-order chi connectivity index (χ0) is 22.0. The third-order valence-electron chi connectivity index (χ3n) is 6.60. The maximum Gasteiger partial charge on any atom is 0.288 e. The van der Waals surface area contributed by atoms with Crippen LogP contribution < -0.4 is 4.57 Å². The highest BCUT2D eigenvalue weighted by Crippen LogP contribution is 2.17. The Labute approximate surface area is 193 Å². The van der Waals surface area contributed by atoms with Gasteiger partial charge in [-0.15, -0.1) is 0 Å². The van der Waals surface area contributed by atoms with E-state index in [0.717, 1.165) is 13.1 Å². The molecule has 2 rings (SSSR count). The number of nitrogens with zero attached hydrogens (tertiary/aromatic N) is 2. The Balaban J connectivity index is 1.46. The van der Waals surface area contributed by atoms with Crippen LogP contribution in [0.25, 0.3) is 11.4 Å². The largest absolute Gasteiger partial charge is 0.288 e. The molecule has 2 heteroatoms. The lowest BCUT2D eigenvalue weighted by atomic mass is 10.0. The van der Waals surface area contributed by atoms with Crippen molar-refractivity contribution in [3.63, 3.8) is 0 Å². The molecule has 1 aromatic heterocycles. The molecule has 0 saturated carbocycles. The number of benzene rings is 1. The summed E-state index contributed by atoms with van der Waals surface area (Å²) in [5, 5.41) is 0. The quantitative estimate of drug-likeness (QED) is 0.157. The van der Waals surface area contributed by atoms with Crippen LogP contribution in [0.1, 0.15) is 117 Å². The van der Waals surface area contributed by atoms with Crippen molar-refractivity contribution in [2.24, 2.45) is 0 Å². The van der Waals surface area contributed by atoms with Crippen molar-refractivity contribution in [3.8, 4) is 11.4 Å². The Morgan fingerprint density at radius 2 is 1.10 bits per heavy atom. The zero-order valence-corrected chi connectivity index (χ0v) is 20.7. The minimum absolute atomic E-state index is 1.02. The minimum Gasteiger partial charge on any atom is -0.230 e. The highest BCUT2D eigenvalue weighted by atomic mass is 15.1. The second-order valence-electron chi connectivity index (χ2n) is 9.27. The smallest absolute Gasteiger partial charge is 0.230 e. The van der Waals surface area contributed by atoms with Gasteiger partial charge in [-0.3, -0.25) is 0 Å². The standard InChI is InChI=1S/C29H49N2/c1-3-5-6-7-8-9-10-11-12-13-14-15-16-17-18-22-25-31-27-26-30(4-2)29(31)28-23-20-19-21-24-28/h19-21,23-24,26-27H,3-18,22,25H2,1-2H3/q+1. The molecule has 0 bridgehead atoms. The Hall–Kier alpha value is -1.57. The number of hydrogen-bond acceptors (Lipinski definition) is 0. The first kappa shape index (κ1) is 25.7. The molecule has 0 fully saturated rings. The van der Waals surface area contributed by atoms with E-state index < -0.39 is 0 Å². The Morgan fingerprint density at radius 3 is 1.58 bits per heavy atom. The zero-order valence-electron chi connectivity index (χ0n) is 20.7. The van der Waals surface area contributed by atoms with E-state index >= 15 is 0 Å². The summed E-state index contributed by atoms with van der Waals surface area (Å²) in [7, 11) is 0. The molecule has 0 aliphatic heterocycles. The summed E-state index contributed by atoms with van der Waals surface area (Å²) in [6, 6.07) is 10.8. The molecule has 2 nitrogen and oxygen atoms in total. The number of hydrogen-bond donors (Lipinski definition) is 0. The number of aromatic nitrogens is 2. The van der Waals surface area contributed by atoms with Crippen LogP contribution in [0.2, 0.25) is 0 Å². The van der Waals surface area contributed by atoms with Gasteiger partial charge in [0, 0.05) is 0 Å². The van der Waals surface area contributed by atoms with E-state index in [-0.39, 0.29) is 0 Å². The van der Waals surface area contributed by atoms with Gasteiger partial charge in [0.2, 0.25) is 0 Å². The van der Waals surface area contributed by atoms with Gasteiger partial charge in [-0.2, -0.15) is 0 Å². The van der Waals surface area contributed by atoms with Crippen LogP contribution >= 0.6 is 0 Å². The molecular formula is C29H49N2+. The molecule has 0 unspecified atom stereocenters. The highest BCUT2D eigenvalue weighted by molar-refractivity contribution is 5.52. The summed E-state index contributed by atoms with van der Waals surface area (Å²) < 4.78 is 4.81. The van der Waals surface area contributed by atoms with Crippen molar-refractivity contribution in [1.29, 1.82) is 0 Å². The van der Waals surface area contributed by atoms with Gasteiger partial charge in [-0.05, 0) is 31.9 Å². The molecule has 1 aromatic carbocycles. The van der Waals surface area contributed by atoms with Crippen molar-refractivity contribution >= 4 is 0 Å². The molecule has 0 spiro atoms. The highest BCUT2D eigenvalue weighted by Gasteiger charge is 2.17. The molecule has 1 heterocycles. The third-order valence-corrected chi connectivity index (χ3v) is 6.60. The summed E-state index contributed by atoms with van der Waals surface area (Å²) >= 11 is 0. The predicted molar refractivity (Wildman–Crippen MR) is 135 cm³/mol. The van der Waals surface area contributed by atoms with Crippen LogP contribution in [0.15, 0.2) is 42.7 Å². The fourth-order valence-electron chi connectivity index (χ4n) is 4.65. The lowest BCUT2D eigenvalue weighted by molar-refractivity contribution is -0.686. The van der Waals surface area contributed by atoms with Gasteiger partial charge in [-0.1, -0.05) is 115 Å². The number of imidazole rings is 1. The van der Waals surface area contributed by atoms with Gasteiger partial charge in [0.15, 0.2) is 0 Å². The molecule has 0 atom stereocenters. The van der Waals surface area contributed by atoms with E-state index in [4.69, 9.17) is 0 Å². The van der Waals surface area contributed by atoms with Crippen LogP contribution in [0.5, 0.6) is 0 Å². The monoisotopic (exact) mass is 425 g/mol. The van der Waals surface area contributed by atoms with Crippen molar-refractivity contribution in [1.82, 2.24) is 4.57 Å². The van der Waals surface area contributed by atoms with Crippen molar-refractivity contribution in [3.05, 3.63) is 42.7 Å². The minimum atomic E-state index is 1.02. The van der Waals surface area contributed by atoms with Gasteiger partial charge >= 0.3 is 0 Å². The van der Waals surface area contributed by atoms with E-state index in [2.05, 4.69) is 65.7 Å². The Morgan fingerprint density at radius 1 is 0.613 bits per heavy atom. The summed E-state index contributed by atoms with van der Waals surface area (Å²) in [5.74, 6) is 1.35. The molecule has 0 N–H and O–H groups in total. The Kier molecular flexibility index (Phi) is 14.1. The third kappa shape index (κ3) is 10.5. The number of aryl methyl sites for hydroxylation is 2. The molecule has 0 aliphatic carbocycles. The van der Waals surface area contributed by atoms with Crippen LogP contribution in [0.3, 0.4) is 0 Å². The summed E-state index contributed by atoms with van der Waals surface area (Å²) in [6.07, 6.45) is 27.3. The first-order chi connectivity index (χ1) is 15.4. The number of rotatable bonds is 19. The van der Waals surface area contributed by atoms with Crippen LogP contribution in [-0.2, 0) is 13.1 Å². The molecule has 174 valence electrons. The topological polar surface area (TPSA) is 8.81 Å². The maximum absolute atomic E-state index is 2.45. The van der Waals surface area contributed by atoms with E-state index in [1.807, 2.05) is 0 Å². The van der Waals surface area contributed by atoms with E-state index in [1.165, 1.54) is 114 Å². The lowest BCUT2D eigenvalue weighted by Crippen LogP contribution is -2.34. The molecule has 0 radical (unpaired) electrons. The maximum atomic E-state index is 2.45. The summed E-state index contributed by atoms with van der Waals surface area (Å²) in [4.78, 5) is 0. The average molecular weight is 426 g/mol. The van der Waals surface area contributed by atoms with E-state index in [1.54, 1.807) is 0 Å². The van der Waals surface area contributed by atoms with Crippen LogP contribution in [0, 0.1) is 0 Å². The second-order valence-corrected chi connectivity index (χ2v) is 9.27. The predicted octanol–water partition coefficient (Wildman–Crippen LogP) is 8.72. The van der Waals surface area contributed by atoms with Crippen molar-refractivity contribution < 1.29 is 4.57 Å². The fraction of sp³-hybridized carbons (Fsp3) is 0.690. The average Bonchev–Trinajstić information content (AvgIpc) is 3.22. The SMILES string of the molecule is CCCCCCCCCCCCCCCCCC[n+]1ccn(CC)c1-c1ccccc1. The molecular weight excluding hydrogens is 376 g/mol. The second kappa shape index (κ2) is 17.0. The van der Waals surface area contributed by atoms with Gasteiger partial charge in [0.1, 0.15) is 12.4 Å².